The van der Waals surface area contributed by atoms with Crippen molar-refractivity contribution in [2.75, 3.05) is 13.1 Å². The summed E-state index contributed by atoms with van der Waals surface area (Å²) in [4.78, 5) is 21.9. The zero-order valence-corrected chi connectivity index (χ0v) is 13.3. The average molecular weight is 321 g/mol. The Labute approximate surface area is 140 Å². The molecule has 1 aliphatic rings. The predicted molar refractivity (Wildman–Crippen MR) is 92.1 cm³/mol. The summed E-state index contributed by atoms with van der Waals surface area (Å²) < 4.78 is 5.99. The average Bonchev–Trinajstić information content (AvgIpc) is 3.10. The molecule has 1 aliphatic heterocycles. The molecule has 5 heteroatoms. The van der Waals surface area contributed by atoms with Crippen LogP contribution in [0.2, 0.25) is 0 Å². The number of hydrogen-bond donors (Lipinski definition) is 1. The first kappa shape index (κ1) is 14.8. The Balaban J connectivity index is 1.47. The third-order valence-corrected chi connectivity index (χ3v) is 4.42. The van der Waals surface area contributed by atoms with Crippen molar-refractivity contribution in [2.24, 2.45) is 0 Å². The fourth-order valence-corrected chi connectivity index (χ4v) is 3.19. The fraction of sp³-hybridized carbons (Fsp3) is 0.263. The molecule has 1 atom stereocenters. The molecule has 1 aromatic carbocycles. The van der Waals surface area contributed by atoms with Crippen LogP contribution in [-0.2, 0) is 0 Å². The van der Waals surface area contributed by atoms with E-state index in [-0.39, 0.29) is 12.0 Å². The topological polar surface area (TPSA) is 58.2 Å². The molecule has 0 saturated carbocycles. The molecule has 1 N–H and O–H groups in total. The van der Waals surface area contributed by atoms with Gasteiger partial charge in [-0.1, -0.05) is 6.07 Å². The van der Waals surface area contributed by atoms with Crippen molar-refractivity contribution in [1.82, 2.24) is 14.9 Å². The maximum atomic E-state index is 12.8. The van der Waals surface area contributed by atoms with Crippen molar-refractivity contribution in [3.63, 3.8) is 0 Å². The maximum absolute atomic E-state index is 12.8. The van der Waals surface area contributed by atoms with Gasteiger partial charge in [-0.2, -0.15) is 0 Å². The van der Waals surface area contributed by atoms with Crippen LogP contribution in [0, 0.1) is 0 Å². The summed E-state index contributed by atoms with van der Waals surface area (Å²) in [5, 5.41) is 1.11. The van der Waals surface area contributed by atoms with Crippen LogP contribution >= 0.6 is 0 Å². The molecule has 1 unspecified atom stereocenters. The number of amides is 1. The highest BCUT2D eigenvalue weighted by Gasteiger charge is 2.25. The Morgan fingerprint density at radius 2 is 2.08 bits per heavy atom. The van der Waals surface area contributed by atoms with Crippen molar-refractivity contribution in [2.45, 2.75) is 18.9 Å². The number of nitrogens with one attached hydrogen (secondary N) is 1. The molecule has 0 spiro atoms. The van der Waals surface area contributed by atoms with E-state index < -0.39 is 0 Å². The van der Waals surface area contributed by atoms with E-state index in [4.69, 9.17) is 4.74 Å². The molecule has 0 aliphatic carbocycles. The smallest absolute Gasteiger partial charge is 0.254 e. The molecule has 0 radical (unpaired) electrons. The number of nitrogens with zero attached hydrogens (tertiary/aromatic N) is 2. The number of aromatic nitrogens is 2. The van der Waals surface area contributed by atoms with E-state index >= 15 is 0 Å². The fourth-order valence-electron chi connectivity index (χ4n) is 3.19. The molecule has 122 valence electrons. The molecule has 1 saturated heterocycles. The number of fused-ring (bicyclic) bond motifs is 1. The number of carbonyl (C=O) groups is 1. The summed E-state index contributed by atoms with van der Waals surface area (Å²) in [6.07, 6.45) is 7.26. The molecule has 1 fully saturated rings. The van der Waals surface area contributed by atoms with Crippen molar-refractivity contribution in [3.05, 3.63) is 60.6 Å². The van der Waals surface area contributed by atoms with E-state index in [1.807, 2.05) is 47.5 Å². The number of piperidine rings is 1. The van der Waals surface area contributed by atoms with Crippen LogP contribution in [0.1, 0.15) is 23.2 Å². The molecule has 24 heavy (non-hydrogen) atoms. The second kappa shape index (κ2) is 6.35. The van der Waals surface area contributed by atoms with Gasteiger partial charge in [0.2, 0.25) is 0 Å². The van der Waals surface area contributed by atoms with Crippen molar-refractivity contribution in [3.8, 4) is 5.75 Å². The lowest BCUT2D eigenvalue weighted by molar-refractivity contribution is 0.0538. The second-order valence-electron chi connectivity index (χ2n) is 6.10. The molecular weight excluding hydrogens is 302 g/mol. The number of likely N-dealkylation sites (tertiary alicyclic amines) is 1. The van der Waals surface area contributed by atoms with Crippen LogP contribution < -0.4 is 4.74 Å². The van der Waals surface area contributed by atoms with Crippen LogP contribution in [0.3, 0.4) is 0 Å². The molecule has 5 nitrogen and oxygen atoms in total. The highest BCUT2D eigenvalue weighted by atomic mass is 16.5. The summed E-state index contributed by atoms with van der Waals surface area (Å²) >= 11 is 0. The number of benzene rings is 1. The summed E-state index contributed by atoms with van der Waals surface area (Å²) in [7, 11) is 0. The van der Waals surface area contributed by atoms with Crippen LogP contribution in [0.25, 0.3) is 10.9 Å². The monoisotopic (exact) mass is 321 g/mol. The number of pyridine rings is 1. The quantitative estimate of drug-likeness (QED) is 0.805. The summed E-state index contributed by atoms with van der Waals surface area (Å²) in [5.74, 6) is 0.867. The van der Waals surface area contributed by atoms with Gasteiger partial charge in [0.15, 0.2) is 0 Å². The standard InChI is InChI=1S/C19H19N3O2/c23-19(15-4-3-14-5-10-21-18(14)12-15)22-11-1-2-17(13-22)24-16-6-8-20-9-7-16/h3-10,12,17,21H,1-2,11,13H2. The highest BCUT2D eigenvalue weighted by molar-refractivity contribution is 5.98. The van der Waals surface area contributed by atoms with Crippen molar-refractivity contribution in [1.29, 1.82) is 0 Å². The number of H-pyrrole nitrogens is 1. The number of hydrogen-bond acceptors (Lipinski definition) is 3. The molecule has 3 aromatic rings. The first-order valence-electron chi connectivity index (χ1n) is 8.23. The van der Waals surface area contributed by atoms with Gasteiger partial charge in [0.25, 0.3) is 5.91 Å². The van der Waals surface area contributed by atoms with Gasteiger partial charge in [0.05, 0.1) is 6.54 Å². The zero-order chi connectivity index (χ0) is 16.4. The van der Waals surface area contributed by atoms with Gasteiger partial charge in [0, 0.05) is 36.2 Å². The molecule has 3 heterocycles. The SMILES string of the molecule is O=C(c1ccc2cc[nH]c2c1)N1CCCC(Oc2ccncc2)C1. The summed E-state index contributed by atoms with van der Waals surface area (Å²) in [6.45, 7) is 1.39. The minimum Gasteiger partial charge on any atom is -0.488 e. The molecule has 1 amide bonds. The van der Waals surface area contributed by atoms with Gasteiger partial charge in [-0.25, -0.2) is 0 Å². The minimum absolute atomic E-state index is 0.0271. The summed E-state index contributed by atoms with van der Waals surface area (Å²) in [6, 6.07) is 11.5. The lowest BCUT2D eigenvalue weighted by atomic mass is 10.1. The lowest BCUT2D eigenvalue weighted by Crippen LogP contribution is -2.44. The van der Waals surface area contributed by atoms with Gasteiger partial charge in [0.1, 0.15) is 11.9 Å². The van der Waals surface area contributed by atoms with E-state index in [1.165, 1.54) is 0 Å². The molecular formula is C19H19N3O2. The van der Waals surface area contributed by atoms with Crippen molar-refractivity contribution >= 4 is 16.8 Å². The minimum atomic E-state index is 0.0271. The van der Waals surface area contributed by atoms with E-state index in [1.54, 1.807) is 12.4 Å². The summed E-state index contributed by atoms with van der Waals surface area (Å²) in [5.41, 5.74) is 1.71. The predicted octanol–water partition coefficient (Wildman–Crippen LogP) is 3.25. The number of aromatic amines is 1. The Bertz CT molecular complexity index is 844. The van der Waals surface area contributed by atoms with Crippen LogP contribution in [0.15, 0.2) is 55.0 Å². The van der Waals surface area contributed by atoms with Crippen LogP contribution in [0.5, 0.6) is 5.75 Å². The Morgan fingerprint density at radius 3 is 2.96 bits per heavy atom. The Kier molecular flexibility index (Phi) is 3.91. The lowest BCUT2D eigenvalue weighted by Gasteiger charge is -2.33. The second-order valence-corrected chi connectivity index (χ2v) is 6.10. The van der Waals surface area contributed by atoms with Crippen LogP contribution in [0.4, 0.5) is 0 Å². The third kappa shape index (κ3) is 2.97. The molecule has 4 rings (SSSR count). The third-order valence-electron chi connectivity index (χ3n) is 4.42. The normalized spacial score (nSPS) is 17.8. The Hall–Kier alpha value is -2.82. The first-order valence-corrected chi connectivity index (χ1v) is 8.23. The van der Waals surface area contributed by atoms with E-state index in [9.17, 15) is 4.79 Å². The largest absolute Gasteiger partial charge is 0.488 e. The maximum Gasteiger partial charge on any atom is 0.254 e. The van der Waals surface area contributed by atoms with Gasteiger partial charge in [-0.15, -0.1) is 0 Å². The van der Waals surface area contributed by atoms with E-state index in [0.29, 0.717) is 6.54 Å². The number of ether oxygens (including phenoxy) is 1. The first-order chi connectivity index (χ1) is 11.8. The van der Waals surface area contributed by atoms with Gasteiger partial charge >= 0.3 is 0 Å². The van der Waals surface area contributed by atoms with E-state index in [2.05, 4.69) is 9.97 Å². The van der Waals surface area contributed by atoms with Gasteiger partial charge in [-0.05, 0) is 48.6 Å². The van der Waals surface area contributed by atoms with Crippen molar-refractivity contribution < 1.29 is 9.53 Å². The van der Waals surface area contributed by atoms with Gasteiger partial charge < -0.3 is 14.6 Å². The number of rotatable bonds is 3. The number of carbonyl (C=O) groups excluding carboxylic acids is 1. The molecule has 0 bridgehead atoms. The molecule has 2 aromatic heterocycles. The van der Waals surface area contributed by atoms with Gasteiger partial charge in [-0.3, -0.25) is 9.78 Å². The zero-order valence-electron chi connectivity index (χ0n) is 13.3. The van der Waals surface area contributed by atoms with E-state index in [0.717, 1.165) is 41.6 Å². The van der Waals surface area contributed by atoms with Crippen LogP contribution in [-0.4, -0.2) is 40.0 Å². The highest BCUT2D eigenvalue weighted by Crippen LogP contribution is 2.21. The Morgan fingerprint density at radius 1 is 1.21 bits per heavy atom.